The van der Waals surface area contributed by atoms with Crippen LogP contribution < -0.4 is 4.74 Å². The van der Waals surface area contributed by atoms with E-state index >= 15 is 0 Å². The summed E-state index contributed by atoms with van der Waals surface area (Å²) in [6.07, 6.45) is 7.62. The Bertz CT molecular complexity index is 1320. The maximum atomic E-state index is 6.11. The summed E-state index contributed by atoms with van der Waals surface area (Å²) in [6, 6.07) is 24.9. The second-order valence-corrected chi connectivity index (χ2v) is 11.5. The zero-order valence-electron chi connectivity index (χ0n) is 23.9. The monoisotopic (exact) mass is 558 g/mol. The highest BCUT2D eigenvalue weighted by atomic mass is 35.5. The number of hydrogen-bond donors (Lipinski definition) is 0. The molecule has 3 aromatic carbocycles. The van der Waals surface area contributed by atoms with Crippen LogP contribution >= 0.6 is 11.6 Å². The van der Waals surface area contributed by atoms with Gasteiger partial charge < -0.3 is 14.2 Å². The largest absolute Gasteiger partial charge is 0.486 e. The summed E-state index contributed by atoms with van der Waals surface area (Å²) in [7, 11) is 0. The molecule has 0 N–H and O–H groups in total. The van der Waals surface area contributed by atoms with Crippen LogP contribution in [0.5, 0.6) is 5.75 Å². The Morgan fingerprint density at radius 2 is 1.60 bits per heavy atom. The lowest BCUT2D eigenvalue weighted by molar-refractivity contribution is 0.197. The average molecular weight is 559 g/mol. The minimum absolute atomic E-state index is 0.437. The number of fused-ring (bicyclic) bond motifs is 1. The second-order valence-electron chi connectivity index (χ2n) is 11.1. The summed E-state index contributed by atoms with van der Waals surface area (Å²) in [5, 5.41) is 0.711. The number of aryl methyl sites for hydroxylation is 2. The first kappa shape index (κ1) is 28.7. The Morgan fingerprint density at radius 3 is 2.40 bits per heavy atom. The molecule has 5 nitrogen and oxygen atoms in total. The van der Waals surface area contributed by atoms with E-state index in [1.54, 1.807) is 0 Å². The molecular formula is C34H43ClN4O. The molecule has 1 aliphatic heterocycles. The van der Waals surface area contributed by atoms with Gasteiger partial charge in [0.25, 0.3) is 0 Å². The van der Waals surface area contributed by atoms with Gasteiger partial charge in [0, 0.05) is 18.1 Å². The van der Waals surface area contributed by atoms with E-state index in [1.165, 1.54) is 62.0 Å². The molecule has 0 unspecified atom stereocenters. The first-order valence-electron chi connectivity index (χ1n) is 15.0. The first-order chi connectivity index (χ1) is 19.7. The average Bonchev–Trinajstić information content (AvgIpc) is 3.34. The summed E-state index contributed by atoms with van der Waals surface area (Å²) in [4.78, 5) is 10.3. The zero-order chi connectivity index (χ0) is 27.6. The number of hydrogen-bond acceptors (Lipinski definition) is 4. The smallest absolute Gasteiger partial charge is 0.148 e. The lowest BCUT2D eigenvalue weighted by atomic mass is 10.1. The quantitative estimate of drug-likeness (QED) is 0.148. The molecule has 212 valence electrons. The van der Waals surface area contributed by atoms with Gasteiger partial charge in [-0.3, -0.25) is 4.90 Å². The van der Waals surface area contributed by atoms with Gasteiger partial charge in [0.1, 0.15) is 18.2 Å². The predicted molar refractivity (Wildman–Crippen MR) is 166 cm³/mol. The molecule has 2 heterocycles. The number of ether oxygens (including phenoxy) is 1. The number of halogens is 1. The second kappa shape index (κ2) is 14.7. The molecule has 0 amide bonds. The Morgan fingerprint density at radius 1 is 0.825 bits per heavy atom. The number of benzene rings is 3. The van der Waals surface area contributed by atoms with Crippen LogP contribution in [0.25, 0.3) is 11.0 Å². The maximum absolute atomic E-state index is 6.11. The minimum atomic E-state index is 0.437. The standard InChI is InChI=1S/C34H43ClN4O/c1-28-12-10-15-32-34(28)36-33(27-40-31-18-16-30(35)17-19-31)39(32)25-9-8-22-38(26-29-13-4-2-5-14-29)24-11-23-37-20-6-3-7-21-37/h2,4-5,10,12-19H,3,6-9,11,20-27H2,1H3. The van der Waals surface area contributed by atoms with E-state index in [9.17, 15) is 0 Å². The van der Waals surface area contributed by atoms with E-state index in [1.807, 2.05) is 24.3 Å². The van der Waals surface area contributed by atoms with Crippen LogP contribution in [0.2, 0.25) is 5.02 Å². The molecule has 0 atom stereocenters. The normalized spacial score (nSPS) is 14.3. The zero-order valence-corrected chi connectivity index (χ0v) is 24.7. The first-order valence-corrected chi connectivity index (χ1v) is 15.4. The van der Waals surface area contributed by atoms with Gasteiger partial charge in [-0.25, -0.2) is 4.98 Å². The lowest BCUT2D eigenvalue weighted by Crippen LogP contribution is -2.33. The fourth-order valence-electron chi connectivity index (χ4n) is 5.79. The SMILES string of the molecule is Cc1cccc2c1nc(COc1ccc(Cl)cc1)n2CCCCN(CCCN1CCCCC1)Cc1ccccc1. The minimum Gasteiger partial charge on any atom is -0.486 e. The van der Waals surface area contributed by atoms with Crippen molar-refractivity contribution in [1.82, 2.24) is 19.4 Å². The van der Waals surface area contributed by atoms with Gasteiger partial charge in [-0.2, -0.15) is 0 Å². The van der Waals surface area contributed by atoms with Crippen LogP contribution in [0, 0.1) is 6.92 Å². The van der Waals surface area contributed by atoms with Crippen molar-refractivity contribution in [3.05, 3.63) is 94.8 Å². The topological polar surface area (TPSA) is 33.5 Å². The lowest BCUT2D eigenvalue weighted by Gasteiger charge is -2.28. The predicted octanol–water partition coefficient (Wildman–Crippen LogP) is 7.74. The number of unbranched alkanes of at least 4 members (excludes halogenated alkanes) is 1. The molecule has 4 aromatic rings. The highest BCUT2D eigenvalue weighted by molar-refractivity contribution is 6.30. The summed E-state index contributed by atoms with van der Waals surface area (Å²) in [5.74, 6) is 1.78. The molecule has 0 bridgehead atoms. The van der Waals surface area contributed by atoms with Crippen LogP contribution in [0.15, 0.2) is 72.8 Å². The highest BCUT2D eigenvalue weighted by Gasteiger charge is 2.14. The third kappa shape index (κ3) is 8.09. The van der Waals surface area contributed by atoms with Gasteiger partial charge in [-0.05, 0) is 113 Å². The Hall–Kier alpha value is -2.86. The summed E-state index contributed by atoms with van der Waals surface area (Å²) >= 11 is 6.05. The maximum Gasteiger partial charge on any atom is 0.148 e. The summed E-state index contributed by atoms with van der Waals surface area (Å²) in [6.45, 7) is 10.6. The van der Waals surface area contributed by atoms with Crippen molar-refractivity contribution in [2.24, 2.45) is 0 Å². The molecule has 0 saturated carbocycles. The van der Waals surface area contributed by atoms with Crippen LogP contribution in [0.4, 0.5) is 0 Å². The number of likely N-dealkylation sites (tertiary alicyclic amines) is 1. The van der Waals surface area contributed by atoms with Crippen molar-refractivity contribution in [3.8, 4) is 5.75 Å². The molecule has 40 heavy (non-hydrogen) atoms. The van der Waals surface area contributed by atoms with E-state index in [0.717, 1.165) is 56.1 Å². The summed E-state index contributed by atoms with van der Waals surface area (Å²) < 4.78 is 8.47. The van der Waals surface area contributed by atoms with Gasteiger partial charge in [0.05, 0.1) is 11.0 Å². The van der Waals surface area contributed by atoms with Crippen LogP contribution in [0.1, 0.15) is 55.5 Å². The molecule has 1 fully saturated rings. The van der Waals surface area contributed by atoms with E-state index < -0.39 is 0 Å². The Balaban J connectivity index is 1.19. The molecule has 5 rings (SSSR count). The summed E-state index contributed by atoms with van der Waals surface area (Å²) in [5.41, 5.74) is 4.86. The Labute approximate surface area is 244 Å². The number of aromatic nitrogens is 2. The van der Waals surface area contributed by atoms with Gasteiger partial charge in [0.15, 0.2) is 0 Å². The fourth-order valence-corrected chi connectivity index (χ4v) is 5.92. The van der Waals surface area contributed by atoms with E-state index in [0.29, 0.717) is 11.6 Å². The fraction of sp³-hybridized carbons (Fsp3) is 0.441. The van der Waals surface area contributed by atoms with Crippen LogP contribution in [-0.2, 0) is 19.7 Å². The Kier molecular flexibility index (Phi) is 10.5. The van der Waals surface area contributed by atoms with Crippen LogP contribution in [-0.4, -0.2) is 52.1 Å². The highest BCUT2D eigenvalue weighted by Crippen LogP contribution is 2.23. The molecule has 1 saturated heterocycles. The van der Waals surface area contributed by atoms with Crippen molar-refractivity contribution in [1.29, 1.82) is 0 Å². The molecule has 0 radical (unpaired) electrons. The van der Waals surface area contributed by atoms with Gasteiger partial charge in [-0.15, -0.1) is 0 Å². The number of para-hydroxylation sites is 1. The molecule has 1 aliphatic rings. The van der Waals surface area contributed by atoms with E-state index in [4.69, 9.17) is 21.3 Å². The third-order valence-corrected chi connectivity index (χ3v) is 8.25. The van der Waals surface area contributed by atoms with Crippen LogP contribution in [0.3, 0.4) is 0 Å². The molecule has 0 aliphatic carbocycles. The van der Waals surface area contributed by atoms with Gasteiger partial charge >= 0.3 is 0 Å². The molecular weight excluding hydrogens is 516 g/mol. The number of nitrogens with zero attached hydrogens (tertiary/aromatic N) is 4. The molecule has 0 spiro atoms. The van der Waals surface area contributed by atoms with Crippen molar-refractivity contribution >= 4 is 22.6 Å². The third-order valence-electron chi connectivity index (χ3n) is 7.99. The van der Waals surface area contributed by atoms with Crippen molar-refractivity contribution in [3.63, 3.8) is 0 Å². The number of imidazole rings is 1. The number of piperidine rings is 1. The molecule has 1 aromatic heterocycles. The van der Waals surface area contributed by atoms with Gasteiger partial charge in [0.2, 0.25) is 0 Å². The van der Waals surface area contributed by atoms with Gasteiger partial charge in [-0.1, -0.05) is 60.5 Å². The number of rotatable bonds is 14. The molecule has 6 heteroatoms. The van der Waals surface area contributed by atoms with E-state index in [2.05, 4.69) is 69.8 Å². The van der Waals surface area contributed by atoms with Crippen molar-refractivity contribution in [2.75, 3.05) is 32.7 Å². The van der Waals surface area contributed by atoms with Crippen molar-refractivity contribution in [2.45, 2.75) is 65.1 Å². The van der Waals surface area contributed by atoms with E-state index in [-0.39, 0.29) is 0 Å². The van der Waals surface area contributed by atoms with Crippen molar-refractivity contribution < 1.29 is 4.74 Å².